The fraction of sp³-hybridized carbons (Fsp3) is 0.429. The molecular weight excluding hydrogens is 525 g/mol. The highest BCUT2D eigenvalue weighted by Gasteiger charge is 2.22. The van der Waals surface area contributed by atoms with Crippen LogP contribution in [0.2, 0.25) is 0 Å². The van der Waals surface area contributed by atoms with Gasteiger partial charge in [0.25, 0.3) is 0 Å². The van der Waals surface area contributed by atoms with Gasteiger partial charge in [0.1, 0.15) is 0 Å². The number of aliphatic imine (C=N–C) groups is 1. The summed E-state index contributed by atoms with van der Waals surface area (Å²) in [6.07, 6.45) is 3.81. The van der Waals surface area contributed by atoms with Gasteiger partial charge in [-0.3, -0.25) is 4.79 Å². The number of hydrogen-bond acceptors (Lipinski definition) is 7. The summed E-state index contributed by atoms with van der Waals surface area (Å²) >= 11 is 0. The minimum absolute atomic E-state index is 0. The quantitative estimate of drug-likeness (QED) is 0.284. The van der Waals surface area contributed by atoms with E-state index in [0.29, 0.717) is 56.0 Å². The van der Waals surface area contributed by atoms with E-state index in [1.54, 1.807) is 32.7 Å². The van der Waals surface area contributed by atoms with Gasteiger partial charge in [-0.25, -0.2) is 15.0 Å². The Kier molecular flexibility index (Phi) is 10.2. The van der Waals surface area contributed by atoms with Crippen LogP contribution in [-0.2, 0) is 11.3 Å². The Morgan fingerprint density at radius 1 is 1.12 bits per heavy atom. The summed E-state index contributed by atoms with van der Waals surface area (Å²) in [4.78, 5) is 29.2. The van der Waals surface area contributed by atoms with Crippen LogP contribution in [0.1, 0.15) is 12.0 Å². The number of nitrogens with zero attached hydrogens (tertiary/aromatic N) is 5. The molecule has 1 fully saturated rings. The molecule has 0 spiro atoms. The Bertz CT molecular complexity index is 890. The third-order valence-electron chi connectivity index (χ3n) is 4.99. The number of piperazine rings is 1. The number of hydrogen-bond donors (Lipinski definition) is 2. The van der Waals surface area contributed by atoms with Crippen LogP contribution in [0.3, 0.4) is 0 Å². The van der Waals surface area contributed by atoms with Gasteiger partial charge in [0.2, 0.25) is 11.9 Å². The van der Waals surface area contributed by atoms with Crippen molar-refractivity contribution >= 4 is 41.8 Å². The normalized spacial score (nSPS) is 13.9. The first kappa shape index (κ1) is 25.4. The molecule has 1 aromatic carbocycles. The van der Waals surface area contributed by atoms with Crippen molar-refractivity contribution in [2.45, 2.75) is 13.0 Å². The van der Waals surface area contributed by atoms with Gasteiger partial charge in [-0.2, -0.15) is 0 Å². The van der Waals surface area contributed by atoms with Gasteiger partial charge in [-0.1, -0.05) is 6.07 Å². The number of benzene rings is 1. The van der Waals surface area contributed by atoms with E-state index < -0.39 is 0 Å². The van der Waals surface area contributed by atoms with Crippen LogP contribution < -0.4 is 25.4 Å². The van der Waals surface area contributed by atoms with Crippen LogP contribution in [0.4, 0.5) is 5.95 Å². The lowest BCUT2D eigenvalue weighted by molar-refractivity contribution is -0.131. The van der Waals surface area contributed by atoms with Crippen molar-refractivity contribution in [2.75, 3.05) is 51.8 Å². The summed E-state index contributed by atoms with van der Waals surface area (Å²) in [5, 5.41) is 3.00. The molecule has 1 aliphatic rings. The zero-order valence-electron chi connectivity index (χ0n) is 18.4. The summed E-state index contributed by atoms with van der Waals surface area (Å²) in [6, 6.07) is 7.38. The van der Waals surface area contributed by atoms with Crippen molar-refractivity contribution in [3.63, 3.8) is 0 Å². The smallest absolute Gasteiger partial charge is 0.225 e. The third-order valence-corrected chi connectivity index (χ3v) is 4.99. The summed E-state index contributed by atoms with van der Waals surface area (Å²) in [6.45, 7) is 3.58. The maximum Gasteiger partial charge on any atom is 0.225 e. The molecule has 0 aliphatic carbocycles. The van der Waals surface area contributed by atoms with Gasteiger partial charge in [0.15, 0.2) is 17.5 Å². The van der Waals surface area contributed by atoms with E-state index in [1.165, 1.54) is 0 Å². The fourth-order valence-corrected chi connectivity index (χ4v) is 3.28. The summed E-state index contributed by atoms with van der Waals surface area (Å²) in [5.74, 6) is 2.40. The lowest BCUT2D eigenvalue weighted by atomic mass is 10.2. The Labute approximate surface area is 205 Å². The number of aromatic nitrogens is 2. The fourth-order valence-electron chi connectivity index (χ4n) is 3.28. The highest BCUT2D eigenvalue weighted by atomic mass is 127. The molecule has 2 heterocycles. The molecule has 1 saturated heterocycles. The number of guanidine groups is 1. The van der Waals surface area contributed by atoms with Crippen LogP contribution in [0, 0.1) is 0 Å². The Hall–Kier alpha value is -2.83. The second-order valence-electron chi connectivity index (χ2n) is 6.98. The Morgan fingerprint density at radius 2 is 1.81 bits per heavy atom. The molecule has 0 radical (unpaired) electrons. The maximum absolute atomic E-state index is 12.5. The van der Waals surface area contributed by atoms with Gasteiger partial charge in [-0.15, -0.1) is 24.0 Å². The average Bonchev–Trinajstić information content (AvgIpc) is 2.83. The van der Waals surface area contributed by atoms with E-state index >= 15 is 0 Å². The average molecular weight is 555 g/mol. The number of ether oxygens (including phenoxy) is 2. The molecule has 11 heteroatoms. The van der Waals surface area contributed by atoms with Crippen molar-refractivity contribution < 1.29 is 14.3 Å². The molecule has 3 N–H and O–H groups in total. The number of carbonyl (C=O) groups excluding carboxylic acids is 1. The van der Waals surface area contributed by atoms with Gasteiger partial charge >= 0.3 is 0 Å². The first-order valence-electron chi connectivity index (χ1n) is 10.1. The minimum atomic E-state index is 0. The number of carbonyl (C=O) groups is 1. The van der Waals surface area contributed by atoms with Gasteiger partial charge in [0, 0.05) is 51.5 Å². The number of halogens is 1. The van der Waals surface area contributed by atoms with Crippen LogP contribution in [0.5, 0.6) is 11.5 Å². The number of methoxy groups -OCH3 is 2. The van der Waals surface area contributed by atoms with Crippen LogP contribution in [-0.4, -0.2) is 73.7 Å². The molecule has 3 rings (SSSR count). The monoisotopic (exact) mass is 555 g/mol. The predicted molar refractivity (Wildman–Crippen MR) is 134 cm³/mol. The number of rotatable bonds is 8. The van der Waals surface area contributed by atoms with Crippen LogP contribution in [0.25, 0.3) is 0 Å². The molecule has 1 amide bonds. The molecule has 10 nitrogen and oxygen atoms in total. The van der Waals surface area contributed by atoms with Gasteiger partial charge in [-0.05, 0) is 23.8 Å². The number of anilines is 1. The van der Waals surface area contributed by atoms with E-state index in [2.05, 4.69) is 25.2 Å². The Balaban J connectivity index is 0.00000363. The third kappa shape index (κ3) is 7.11. The summed E-state index contributed by atoms with van der Waals surface area (Å²) in [5.41, 5.74) is 6.88. The molecule has 1 aliphatic heterocycles. The highest BCUT2D eigenvalue weighted by molar-refractivity contribution is 14.0. The molecule has 2 aromatic rings. The van der Waals surface area contributed by atoms with Gasteiger partial charge in [0.05, 0.1) is 20.8 Å². The molecule has 0 unspecified atom stereocenters. The topological polar surface area (TPSA) is 118 Å². The Morgan fingerprint density at radius 3 is 2.47 bits per heavy atom. The largest absolute Gasteiger partial charge is 0.493 e. The first-order chi connectivity index (χ1) is 15.1. The molecule has 174 valence electrons. The zero-order valence-corrected chi connectivity index (χ0v) is 20.7. The standard InChI is InChI=1S/C21H29N7O3.HI/c1-30-17-5-4-16(14-18(17)31-2)15-26-20(22)23-9-6-19(29)27-10-12-28(13-11-27)21-24-7-3-8-25-21;/h3-5,7-8,14H,6,9-13,15H2,1-2H3,(H3,22,23,26);1H. The number of nitrogens with one attached hydrogen (secondary N) is 1. The van der Waals surface area contributed by atoms with Crippen molar-refractivity contribution in [1.29, 1.82) is 0 Å². The van der Waals surface area contributed by atoms with E-state index in [0.717, 1.165) is 18.7 Å². The van der Waals surface area contributed by atoms with Crippen molar-refractivity contribution in [3.05, 3.63) is 42.2 Å². The molecule has 1 aromatic heterocycles. The molecule has 0 atom stereocenters. The van der Waals surface area contributed by atoms with Crippen molar-refractivity contribution in [1.82, 2.24) is 20.2 Å². The van der Waals surface area contributed by atoms with Gasteiger partial charge < -0.3 is 30.3 Å². The number of amides is 1. The van der Waals surface area contributed by atoms with Crippen LogP contribution >= 0.6 is 24.0 Å². The van der Waals surface area contributed by atoms with E-state index in [-0.39, 0.29) is 29.9 Å². The van der Waals surface area contributed by atoms with Crippen molar-refractivity contribution in [3.8, 4) is 11.5 Å². The molecule has 0 bridgehead atoms. The van der Waals surface area contributed by atoms with E-state index in [1.807, 2.05) is 23.1 Å². The summed E-state index contributed by atoms with van der Waals surface area (Å²) in [7, 11) is 3.18. The maximum atomic E-state index is 12.5. The number of nitrogens with two attached hydrogens (primary N) is 1. The van der Waals surface area contributed by atoms with E-state index in [9.17, 15) is 4.79 Å². The van der Waals surface area contributed by atoms with Crippen molar-refractivity contribution in [2.24, 2.45) is 10.7 Å². The molecular formula is C21H30IN7O3. The second-order valence-corrected chi connectivity index (χ2v) is 6.98. The first-order valence-corrected chi connectivity index (χ1v) is 10.1. The summed E-state index contributed by atoms with van der Waals surface area (Å²) < 4.78 is 10.5. The van der Waals surface area contributed by atoms with E-state index in [4.69, 9.17) is 15.2 Å². The minimum Gasteiger partial charge on any atom is -0.493 e. The second kappa shape index (κ2) is 12.9. The predicted octanol–water partition coefficient (Wildman–Crippen LogP) is 1.26. The molecule has 0 saturated carbocycles. The van der Waals surface area contributed by atoms with Crippen LogP contribution in [0.15, 0.2) is 41.7 Å². The molecule has 32 heavy (non-hydrogen) atoms. The zero-order chi connectivity index (χ0) is 22.1. The lowest BCUT2D eigenvalue weighted by Crippen LogP contribution is -2.49. The SMILES string of the molecule is COc1ccc(CN=C(N)NCCC(=O)N2CCN(c3ncccn3)CC2)cc1OC.I. The lowest BCUT2D eigenvalue weighted by Gasteiger charge is -2.34. The highest BCUT2D eigenvalue weighted by Crippen LogP contribution is 2.27.